The minimum atomic E-state index is 0.684. The molecule has 2 atom stereocenters. The van der Waals surface area contributed by atoms with Gasteiger partial charge in [0.25, 0.3) is 0 Å². The Hall–Kier alpha value is -0.900. The third kappa shape index (κ3) is 3.81. The fourth-order valence-electron chi connectivity index (χ4n) is 3.58. The minimum Gasteiger partial charge on any atom is -0.309 e. The summed E-state index contributed by atoms with van der Waals surface area (Å²) in [5.41, 5.74) is 1.44. The van der Waals surface area contributed by atoms with Crippen LogP contribution in [0.3, 0.4) is 0 Å². The van der Waals surface area contributed by atoms with Crippen molar-refractivity contribution in [1.82, 2.24) is 15.1 Å². The monoisotopic (exact) mass is 273 g/mol. The Balaban J connectivity index is 1.49. The topological polar surface area (TPSA) is 18.5 Å². The molecule has 2 aliphatic heterocycles. The van der Waals surface area contributed by atoms with Crippen LogP contribution in [0.2, 0.25) is 0 Å². The van der Waals surface area contributed by atoms with Gasteiger partial charge in [-0.15, -0.1) is 0 Å². The van der Waals surface area contributed by atoms with Crippen LogP contribution in [-0.2, 0) is 6.54 Å². The summed E-state index contributed by atoms with van der Waals surface area (Å²) in [6, 6.07) is 12.3. The molecule has 2 fully saturated rings. The van der Waals surface area contributed by atoms with Gasteiger partial charge in [0.2, 0.25) is 0 Å². The van der Waals surface area contributed by atoms with Crippen molar-refractivity contribution in [3.63, 3.8) is 0 Å². The Bertz CT molecular complexity index is 406. The molecule has 2 unspecified atom stereocenters. The van der Waals surface area contributed by atoms with Gasteiger partial charge in [-0.25, -0.2) is 0 Å². The van der Waals surface area contributed by atoms with Crippen molar-refractivity contribution >= 4 is 0 Å². The first-order valence-electron chi connectivity index (χ1n) is 8.00. The summed E-state index contributed by atoms with van der Waals surface area (Å²) in [4.78, 5) is 5.04. The predicted octanol–water partition coefficient (Wildman–Crippen LogP) is 1.94. The van der Waals surface area contributed by atoms with Gasteiger partial charge in [-0.3, -0.25) is 4.90 Å². The highest BCUT2D eigenvalue weighted by Gasteiger charge is 2.25. The Labute approximate surface area is 123 Å². The van der Waals surface area contributed by atoms with E-state index in [4.69, 9.17) is 0 Å². The quantitative estimate of drug-likeness (QED) is 0.904. The lowest BCUT2D eigenvalue weighted by molar-refractivity contribution is 0.176. The molecule has 2 heterocycles. The lowest BCUT2D eigenvalue weighted by Gasteiger charge is -2.34. The van der Waals surface area contributed by atoms with Gasteiger partial charge < -0.3 is 10.2 Å². The summed E-state index contributed by atoms with van der Waals surface area (Å²) in [6.07, 6.45) is 3.98. The molecule has 0 radical (unpaired) electrons. The van der Waals surface area contributed by atoms with E-state index in [-0.39, 0.29) is 0 Å². The largest absolute Gasteiger partial charge is 0.309 e. The molecule has 110 valence electrons. The highest BCUT2D eigenvalue weighted by Crippen LogP contribution is 2.16. The molecular weight excluding hydrogens is 246 g/mol. The maximum Gasteiger partial charge on any atom is 0.0234 e. The molecule has 20 heavy (non-hydrogen) atoms. The maximum absolute atomic E-state index is 3.88. The molecule has 0 spiro atoms. The average Bonchev–Trinajstić information content (AvgIpc) is 2.86. The van der Waals surface area contributed by atoms with E-state index in [1.165, 1.54) is 51.0 Å². The SMILES string of the molecule is CN1CCC(NC2CCCN(Cc3ccccc3)C2)C1. The zero-order valence-corrected chi connectivity index (χ0v) is 12.6. The number of nitrogens with one attached hydrogen (secondary N) is 1. The molecular formula is C17H27N3. The molecule has 0 saturated carbocycles. The van der Waals surface area contributed by atoms with Gasteiger partial charge >= 0.3 is 0 Å². The van der Waals surface area contributed by atoms with Crippen LogP contribution in [0, 0.1) is 0 Å². The number of likely N-dealkylation sites (tertiary alicyclic amines) is 2. The number of likely N-dealkylation sites (N-methyl/N-ethyl adjacent to an activating group) is 1. The summed E-state index contributed by atoms with van der Waals surface area (Å²) < 4.78 is 0. The van der Waals surface area contributed by atoms with E-state index in [2.05, 4.69) is 52.5 Å². The van der Waals surface area contributed by atoms with Crippen molar-refractivity contribution in [3.8, 4) is 0 Å². The average molecular weight is 273 g/mol. The zero-order valence-electron chi connectivity index (χ0n) is 12.6. The molecule has 1 N–H and O–H groups in total. The van der Waals surface area contributed by atoms with Crippen LogP contribution in [0.4, 0.5) is 0 Å². The van der Waals surface area contributed by atoms with Crippen LogP contribution in [0.1, 0.15) is 24.8 Å². The Morgan fingerprint density at radius 2 is 1.85 bits per heavy atom. The van der Waals surface area contributed by atoms with Gasteiger partial charge in [-0.1, -0.05) is 30.3 Å². The van der Waals surface area contributed by atoms with Gasteiger partial charge in [0.05, 0.1) is 0 Å². The van der Waals surface area contributed by atoms with Crippen molar-refractivity contribution in [1.29, 1.82) is 0 Å². The van der Waals surface area contributed by atoms with Crippen molar-refractivity contribution in [2.45, 2.75) is 37.9 Å². The van der Waals surface area contributed by atoms with Crippen LogP contribution in [0.5, 0.6) is 0 Å². The first kappa shape index (κ1) is 14.1. The van der Waals surface area contributed by atoms with Crippen LogP contribution < -0.4 is 5.32 Å². The van der Waals surface area contributed by atoms with E-state index < -0.39 is 0 Å². The van der Waals surface area contributed by atoms with Gasteiger partial charge in [0.1, 0.15) is 0 Å². The Morgan fingerprint density at radius 1 is 1.05 bits per heavy atom. The molecule has 0 bridgehead atoms. The number of hydrogen-bond donors (Lipinski definition) is 1. The van der Waals surface area contributed by atoms with Crippen molar-refractivity contribution < 1.29 is 0 Å². The van der Waals surface area contributed by atoms with E-state index in [1.807, 2.05) is 0 Å². The second-order valence-corrected chi connectivity index (χ2v) is 6.47. The fraction of sp³-hybridized carbons (Fsp3) is 0.647. The van der Waals surface area contributed by atoms with Crippen molar-refractivity contribution in [2.75, 3.05) is 33.2 Å². The third-order valence-electron chi connectivity index (χ3n) is 4.62. The Kier molecular flexibility index (Phi) is 4.71. The smallest absolute Gasteiger partial charge is 0.0234 e. The number of benzene rings is 1. The maximum atomic E-state index is 3.88. The number of hydrogen-bond acceptors (Lipinski definition) is 3. The van der Waals surface area contributed by atoms with Crippen LogP contribution in [0.15, 0.2) is 30.3 Å². The van der Waals surface area contributed by atoms with Crippen molar-refractivity contribution in [2.24, 2.45) is 0 Å². The fourth-order valence-corrected chi connectivity index (χ4v) is 3.58. The van der Waals surface area contributed by atoms with E-state index in [9.17, 15) is 0 Å². The number of piperidine rings is 1. The first-order valence-corrected chi connectivity index (χ1v) is 8.00. The van der Waals surface area contributed by atoms with Crippen LogP contribution >= 0.6 is 0 Å². The van der Waals surface area contributed by atoms with Gasteiger partial charge in [-0.2, -0.15) is 0 Å². The third-order valence-corrected chi connectivity index (χ3v) is 4.62. The summed E-state index contributed by atoms with van der Waals surface area (Å²) in [6.45, 7) is 6.02. The van der Waals surface area contributed by atoms with Gasteiger partial charge in [0, 0.05) is 31.7 Å². The summed E-state index contributed by atoms with van der Waals surface area (Å²) >= 11 is 0. The van der Waals surface area contributed by atoms with Gasteiger partial charge in [-0.05, 0) is 45.0 Å². The standard InChI is InChI=1S/C17H27N3/c1-19-11-9-17(13-19)18-16-8-5-10-20(14-16)12-15-6-3-2-4-7-15/h2-4,6-7,16-18H,5,8-14H2,1H3. The molecule has 1 aromatic carbocycles. The van der Waals surface area contributed by atoms with Crippen LogP contribution in [0.25, 0.3) is 0 Å². The lowest BCUT2D eigenvalue weighted by atomic mass is 10.0. The van der Waals surface area contributed by atoms with E-state index in [0.29, 0.717) is 12.1 Å². The molecule has 3 nitrogen and oxygen atoms in total. The van der Waals surface area contributed by atoms with Crippen LogP contribution in [-0.4, -0.2) is 55.1 Å². The second-order valence-electron chi connectivity index (χ2n) is 6.47. The van der Waals surface area contributed by atoms with Gasteiger partial charge in [0.15, 0.2) is 0 Å². The summed E-state index contributed by atoms with van der Waals surface area (Å²) in [5.74, 6) is 0. The molecule has 0 amide bonds. The van der Waals surface area contributed by atoms with E-state index >= 15 is 0 Å². The number of nitrogens with zero attached hydrogens (tertiary/aromatic N) is 2. The van der Waals surface area contributed by atoms with Crippen molar-refractivity contribution in [3.05, 3.63) is 35.9 Å². The number of rotatable bonds is 4. The summed E-state index contributed by atoms with van der Waals surface area (Å²) in [5, 5.41) is 3.88. The normalized spacial score (nSPS) is 28.9. The summed E-state index contributed by atoms with van der Waals surface area (Å²) in [7, 11) is 2.23. The lowest BCUT2D eigenvalue weighted by Crippen LogP contribution is -2.49. The Morgan fingerprint density at radius 3 is 2.60 bits per heavy atom. The highest BCUT2D eigenvalue weighted by atomic mass is 15.2. The molecule has 1 aromatic rings. The molecule has 2 saturated heterocycles. The van der Waals surface area contributed by atoms with E-state index in [1.54, 1.807) is 0 Å². The predicted molar refractivity (Wildman–Crippen MR) is 83.8 cm³/mol. The molecule has 3 rings (SSSR count). The first-order chi connectivity index (χ1) is 9.79. The molecule has 3 heteroatoms. The molecule has 0 aromatic heterocycles. The van der Waals surface area contributed by atoms with E-state index in [0.717, 1.165) is 6.54 Å². The molecule has 0 aliphatic carbocycles. The second kappa shape index (κ2) is 6.70. The molecule has 2 aliphatic rings. The zero-order chi connectivity index (χ0) is 13.8. The minimum absolute atomic E-state index is 0.684. The highest BCUT2D eigenvalue weighted by molar-refractivity contribution is 5.14.